The zero-order chi connectivity index (χ0) is 14.1. The van der Waals surface area contributed by atoms with E-state index in [-0.39, 0.29) is 6.20 Å². The van der Waals surface area contributed by atoms with Crippen LogP contribution >= 0.6 is 0 Å². The second-order valence-electron chi connectivity index (χ2n) is 3.09. The Balaban J connectivity index is 3.37. The Hall–Kier alpha value is -2.00. The van der Waals surface area contributed by atoms with Gasteiger partial charge in [-0.1, -0.05) is 0 Å². The summed E-state index contributed by atoms with van der Waals surface area (Å²) in [5.74, 6) is -1.23. The van der Waals surface area contributed by atoms with E-state index >= 15 is 0 Å². The molecule has 0 radical (unpaired) electrons. The first-order valence-corrected chi connectivity index (χ1v) is 4.31. The van der Waals surface area contributed by atoms with Crippen molar-refractivity contribution in [3.05, 3.63) is 27.6 Å². The number of hydrogen-bond donors (Lipinski definition) is 0. The van der Waals surface area contributed by atoms with E-state index in [2.05, 4.69) is 9.72 Å². The smallest absolute Gasteiger partial charge is 0.397 e. The number of nitrogens with zero attached hydrogens (tertiary/aromatic N) is 2. The third kappa shape index (κ3) is 3.02. The van der Waals surface area contributed by atoms with E-state index in [0.717, 1.165) is 6.92 Å². The maximum atomic E-state index is 12.4. The van der Waals surface area contributed by atoms with Crippen molar-refractivity contribution in [1.82, 2.24) is 4.98 Å². The molecule has 0 aliphatic rings. The number of hydrogen-bond acceptors (Lipinski definition) is 4. The molecule has 0 aliphatic carbocycles. The van der Waals surface area contributed by atoms with Gasteiger partial charge in [-0.2, -0.15) is 0 Å². The fourth-order valence-electron chi connectivity index (χ4n) is 1.24. The Labute approximate surface area is 96.3 Å². The van der Waals surface area contributed by atoms with Gasteiger partial charge in [-0.3, -0.25) is 15.1 Å². The number of alkyl halides is 5. The SMILES string of the molecule is Cc1c(C(F)F)ncc(OC(F)(F)F)c1[N+](=O)[O-]. The van der Waals surface area contributed by atoms with Crippen molar-refractivity contribution in [2.75, 3.05) is 0 Å². The lowest BCUT2D eigenvalue weighted by Crippen LogP contribution is -2.18. The van der Waals surface area contributed by atoms with Gasteiger partial charge in [0.1, 0.15) is 5.69 Å². The van der Waals surface area contributed by atoms with E-state index in [1.165, 1.54) is 0 Å². The number of aromatic nitrogens is 1. The molecule has 0 unspecified atom stereocenters. The molecule has 10 heteroatoms. The van der Waals surface area contributed by atoms with Crippen molar-refractivity contribution in [1.29, 1.82) is 0 Å². The molecule has 0 fully saturated rings. The molecule has 0 saturated heterocycles. The summed E-state index contributed by atoms with van der Waals surface area (Å²) >= 11 is 0. The Morgan fingerprint density at radius 3 is 2.39 bits per heavy atom. The van der Waals surface area contributed by atoms with Gasteiger partial charge in [-0.05, 0) is 6.92 Å². The number of rotatable bonds is 3. The fourth-order valence-corrected chi connectivity index (χ4v) is 1.24. The lowest BCUT2D eigenvalue weighted by Gasteiger charge is -2.11. The number of pyridine rings is 1. The molecule has 1 rings (SSSR count). The molecule has 5 nitrogen and oxygen atoms in total. The van der Waals surface area contributed by atoms with Gasteiger partial charge in [0.2, 0.25) is 5.75 Å². The Kier molecular flexibility index (Phi) is 3.67. The van der Waals surface area contributed by atoms with Gasteiger partial charge in [0.15, 0.2) is 0 Å². The lowest BCUT2D eigenvalue weighted by molar-refractivity contribution is -0.389. The summed E-state index contributed by atoms with van der Waals surface area (Å²) < 4.78 is 64.0. The molecule has 0 aromatic carbocycles. The molecule has 0 spiro atoms. The predicted molar refractivity (Wildman–Crippen MR) is 47.3 cm³/mol. The third-order valence-electron chi connectivity index (χ3n) is 1.91. The van der Waals surface area contributed by atoms with E-state index in [1.807, 2.05) is 0 Å². The number of nitro groups is 1. The lowest BCUT2D eigenvalue weighted by atomic mass is 10.1. The van der Waals surface area contributed by atoms with Crippen LogP contribution in [0.4, 0.5) is 27.6 Å². The second-order valence-corrected chi connectivity index (χ2v) is 3.09. The fraction of sp³-hybridized carbons (Fsp3) is 0.375. The summed E-state index contributed by atoms with van der Waals surface area (Å²) in [6, 6.07) is 0. The van der Waals surface area contributed by atoms with Crippen LogP contribution in [0.15, 0.2) is 6.20 Å². The first kappa shape index (κ1) is 14.1. The zero-order valence-electron chi connectivity index (χ0n) is 8.66. The minimum atomic E-state index is -5.18. The van der Waals surface area contributed by atoms with Gasteiger partial charge in [0, 0.05) is 0 Å². The maximum absolute atomic E-state index is 12.4. The van der Waals surface area contributed by atoms with E-state index in [1.54, 1.807) is 0 Å². The average Bonchev–Trinajstić information content (AvgIpc) is 2.13. The quantitative estimate of drug-likeness (QED) is 0.481. The van der Waals surface area contributed by atoms with E-state index in [9.17, 15) is 32.1 Å². The monoisotopic (exact) mass is 272 g/mol. The van der Waals surface area contributed by atoms with Crippen molar-refractivity contribution in [2.24, 2.45) is 0 Å². The van der Waals surface area contributed by atoms with Crippen LogP contribution in [0.1, 0.15) is 17.7 Å². The Morgan fingerprint density at radius 1 is 1.44 bits per heavy atom. The van der Waals surface area contributed by atoms with Crippen molar-refractivity contribution < 1.29 is 31.6 Å². The molecule has 1 aromatic heterocycles. The summed E-state index contributed by atoms with van der Waals surface area (Å²) in [4.78, 5) is 12.4. The van der Waals surface area contributed by atoms with Crippen molar-refractivity contribution in [2.45, 2.75) is 19.7 Å². The maximum Gasteiger partial charge on any atom is 0.573 e. The highest BCUT2D eigenvalue weighted by Crippen LogP contribution is 2.37. The summed E-state index contributed by atoms with van der Waals surface area (Å²) in [5.41, 5.74) is -2.81. The molecule has 1 heterocycles. The molecule has 0 saturated carbocycles. The van der Waals surface area contributed by atoms with Crippen LogP contribution in [0, 0.1) is 17.0 Å². The zero-order valence-corrected chi connectivity index (χ0v) is 8.66. The minimum absolute atomic E-state index is 0.250. The van der Waals surface area contributed by atoms with Crippen molar-refractivity contribution in [3.8, 4) is 5.75 Å². The molecular weight excluding hydrogens is 267 g/mol. The van der Waals surface area contributed by atoms with E-state index in [0.29, 0.717) is 0 Å². The van der Waals surface area contributed by atoms with Gasteiger partial charge < -0.3 is 4.74 Å². The summed E-state index contributed by atoms with van der Waals surface area (Å²) in [6.45, 7) is 0.871. The predicted octanol–water partition coefficient (Wildman–Crippen LogP) is 3.13. The molecule has 0 bridgehead atoms. The van der Waals surface area contributed by atoms with Gasteiger partial charge in [-0.15, -0.1) is 13.2 Å². The highest BCUT2D eigenvalue weighted by atomic mass is 19.4. The summed E-state index contributed by atoms with van der Waals surface area (Å²) in [5, 5.41) is 10.6. The van der Waals surface area contributed by atoms with Crippen LogP contribution in [0.3, 0.4) is 0 Å². The highest BCUT2D eigenvalue weighted by Gasteiger charge is 2.36. The second kappa shape index (κ2) is 4.70. The average molecular weight is 272 g/mol. The first-order chi connectivity index (χ1) is 8.13. The molecule has 100 valence electrons. The van der Waals surface area contributed by atoms with Crippen LogP contribution < -0.4 is 4.74 Å². The first-order valence-electron chi connectivity index (χ1n) is 4.31. The molecule has 0 amide bonds. The highest BCUT2D eigenvalue weighted by molar-refractivity contribution is 5.53. The minimum Gasteiger partial charge on any atom is -0.397 e. The Morgan fingerprint density at radius 2 is 2.00 bits per heavy atom. The standard InChI is InChI=1S/C8H5F5N2O3/c1-3-5(7(9)10)14-2-4(6(3)15(16)17)18-8(11,12)13/h2,7H,1H3. The molecule has 0 aliphatic heterocycles. The van der Waals surface area contributed by atoms with Crippen LogP contribution in [0.5, 0.6) is 5.75 Å². The van der Waals surface area contributed by atoms with Gasteiger partial charge >= 0.3 is 12.0 Å². The van der Waals surface area contributed by atoms with E-state index in [4.69, 9.17) is 0 Å². The Bertz CT molecular complexity index is 475. The molecule has 18 heavy (non-hydrogen) atoms. The van der Waals surface area contributed by atoms with Crippen molar-refractivity contribution >= 4 is 5.69 Å². The van der Waals surface area contributed by atoms with Crippen LogP contribution in [0.2, 0.25) is 0 Å². The van der Waals surface area contributed by atoms with E-state index < -0.39 is 40.4 Å². The molecule has 0 atom stereocenters. The van der Waals surface area contributed by atoms with Gasteiger partial charge in [0.25, 0.3) is 6.43 Å². The largest absolute Gasteiger partial charge is 0.573 e. The molecular formula is C8H5F5N2O3. The van der Waals surface area contributed by atoms with Crippen LogP contribution in [-0.4, -0.2) is 16.3 Å². The third-order valence-corrected chi connectivity index (χ3v) is 1.91. The molecule has 1 aromatic rings. The van der Waals surface area contributed by atoms with Crippen LogP contribution in [0.25, 0.3) is 0 Å². The summed E-state index contributed by atoms with van der Waals surface area (Å²) in [7, 11) is 0. The number of halogens is 5. The summed E-state index contributed by atoms with van der Waals surface area (Å²) in [6.07, 6.45) is -8.06. The van der Waals surface area contributed by atoms with Crippen LogP contribution in [-0.2, 0) is 0 Å². The normalized spacial score (nSPS) is 11.7. The van der Waals surface area contributed by atoms with Crippen molar-refractivity contribution in [3.63, 3.8) is 0 Å². The van der Waals surface area contributed by atoms with Gasteiger partial charge in [-0.25, -0.2) is 8.78 Å². The number of ether oxygens (including phenoxy) is 1. The topological polar surface area (TPSA) is 65.3 Å². The molecule has 0 N–H and O–H groups in total. The van der Waals surface area contributed by atoms with Gasteiger partial charge in [0.05, 0.1) is 16.7 Å².